The highest BCUT2D eigenvalue weighted by Crippen LogP contribution is 2.23. The van der Waals surface area contributed by atoms with Gasteiger partial charge in [-0.25, -0.2) is 0 Å². The van der Waals surface area contributed by atoms with Crippen LogP contribution in [0.2, 0.25) is 0 Å². The molecule has 0 aromatic rings. The van der Waals surface area contributed by atoms with E-state index < -0.39 is 0 Å². The van der Waals surface area contributed by atoms with Crippen molar-refractivity contribution in [1.82, 2.24) is 15.1 Å². The van der Waals surface area contributed by atoms with Crippen molar-refractivity contribution in [3.05, 3.63) is 0 Å². The van der Waals surface area contributed by atoms with Gasteiger partial charge in [-0.15, -0.1) is 0 Å². The Morgan fingerprint density at radius 2 is 1.74 bits per heavy atom. The molecule has 0 saturated carbocycles. The van der Waals surface area contributed by atoms with E-state index in [9.17, 15) is 9.59 Å². The van der Waals surface area contributed by atoms with E-state index in [1.54, 1.807) is 0 Å². The highest BCUT2D eigenvalue weighted by Gasteiger charge is 2.29. The molecule has 2 rings (SSSR count). The Morgan fingerprint density at radius 1 is 1.13 bits per heavy atom. The first kappa shape index (κ1) is 18.2. The summed E-state index contributed by atoms with van der Waals surface area (Å²) in [5.74, 6) is 1.32. The van der Waals surface area contributed by atoms with E-state index in [0.29, 0.717) is 12.3 Å². The van der Waals surface area contributed by atoms with Crippen LogP contribution in [0.4, 0.5) is 0 Å². The van der Waals surface area contributed by atoms with Gasteiger partial charge in [-0.05, 0) is 65.0 Å². The molecular weight excluding hydrogens is 290 g/mol. The van der Waals surface area contributed by atoms with Gasteiger partial charge in [-0.2, -0.15) is 0 Å². The molecule has 0 aliphatic carbocycles. The molecule has 0 radical (unpaired) electrons. The average Bonchev–Trinajstić information content (AvgIpc) is 2.59. The van der Waals surface area contributed by atoms with Gasteiger partial charge in [0, 0.05) is 38.5 Å². The van der Waals surface area contributed by atoms with Gasteiger partial charge in [0.25, 0.3) is 0 Å². The van der Waals surface area contributed by atoms with Crippen molar-refractivity contribution in [1.29, 1.82) is 0 Å². The first-order valence-electron chi connectivity index (χ1n) is 9.24. The second-order valence-corrected chi connectivity index (χ2v) is 7.43. The van der Waals surface area contributed by atoms with Gasteiger partial charge < -0.3 is 15.1 Å². The summed E-state index contributed by atoms with van der Waals surface area (Å²) >= 11 is 0. The average molecular weight is 323 g/mol. The Labute approximate surface area is 140 Å². The van der Waals surface area contributed by atoms with Crippen molar-refractivity contribution in [3.63, 3.8) is 0 Å². The van der Waals surface area contributed by atoms with Crippen LogP contribution in [0.15, 0.2) is 0 Å². The van der Waals surface area contributed by atoms with Crippen molar-refractivity contribution < 1.29 is 9.59 Å². The summed E-state index contributed by atoms with van der Waals surface area (Å²) in [7, 11) is 1.88. The Kier molecular flexibility index (Phi) is 6.88. The van der Waals surface area contributed by atoms with Crippen LogP contribution in [0.25, 0.3) is 0 Å². The van der Waals surface area contributed by atoms with Gasteiger partial charge in [0.2, 0.25) is 11.8 Å². The second kappa shape index (κ2) is 8.67. The number of hydrogen-bond acceptors (Lipinski definition) is 3. The molecule has 2 saturated heterocycles. The highest BCUT2D eigenvalue weighted by molar-refractivity contribution is 5.80. The van der Waals surface area contributed by atoms with Crippen molar-refractivity contribution in [3.8, 4) is 0 Å². The summed E-state index contributed by atoms with van der Waals surface area (Å²) in [5, 5.41) is 3.37. The number of nitrogens with zero attached hydrogens (tertiary/aromatic N) is 2. The Hall–Kier alpha value is -1.10. The minimum Gasteiger partial charge on any atom is -0.343 e. The van der Waals surface area contributed by atoms with Crippen molar-refractivity contribution in [2.75, 3.05) is 33.2 Å². The van der Waals surface area contributed by atoms with Gasteiger partial charge in [0.1, 0.15) is 0 Å². The smallest absolute Gasteiger partial charge is 0.225 e. The number of amides is 2. The van der Waals surface area contributed by atoms with Crippen molar-refractivity contribution >= 4 is 11.8 Å². The standard InChI is InChI=1S/C18H33N3O2/c1-14(2)20(3)18(23)16-8-12-21(13-9-16)17(22)5-4-15-6-10-19-11-7-15/h14-16,19H,4-13H2,1-3H3. The number of rotatable bonds is 5. The van der Waals surface area contributed by atoms with Gasteiger partial charge in [-0.1, -0.05) is 0 Å². The number of piperidine rings is 2. The predicted octanol–water partition coefficient (Wildman–Crippen LogP) is 1.87. The second-order valence-electron chi connectivity index (χ2n) is 7.43. The molecule has 5 heteroatoms. The fraction of sp³-hybridized carbons (Fsp3) is 0.889. The maximum atomic E-state index is 12.4. The number of carbonyl (C=O) groups is 2. The number of nitrogens with one attached hydrogen (secondary N) is 1. The maximum Gasteiger partial charge on any atom is 0.225 e. The molecule has 0 aromatic heterocycles. The van der Waals surface area contributed by atoms with Crippen LogP contribution >= 0.6 is 0 Å². The molecule has 2 fully saturated rings. The molecular formula is C18H33N3O2. The zero-order valence-electron chi connectivity index (χ0n) is 15.0. The van der Waals surface area contributed by atoms with Crippen molar-refractivity contribution in [2.45, 2.75) is 58.4 Å². The molecule has 2 aliphatic rings. The van der Waals surface area contributed by atoms with Gasteiger partial charge >= 0.3 is 0 Å². The third-order valence-electron chi connectivity index (χ3n) is 5.54. The van der Waals surface area contributed by atoms with Gasteiger partial charge in [-0.3, -0.25) is 9.59 Å². The van der Waals surface area contributed by atoms with Crippen LogP contribution < -0.4 is 5.32 Å². The molecule has 0 unspecified atom stereocenters. The normalized spacial score (nSPS) is 20.8. The van der Waals surface area contributed by atoms with E-state index in [2.05, 4.69) is 5.32 Å². The van der Waals surface area contributed by atoms with Crippen LogP contribution in [0.3, 0.4) is 0 Å². The van der Waals surface area contributed by atoms with E-state index in [0.717, 1.165) is 45.4 Å². The van der Waals surface area contributed by atoms with Gasteiger partial charge in [0.05, 0.1) is 0 Å². The molecule has 132 valence electrons. The zero-order chi connectivity index (χ0) is 16.8. The molecule has 2 aliphatic heterocycles. The summed E-state index contributed by atoms with van der Waals surface area (Å²) in [6.07, 6.45) is 5.73. The number of hydrogen-bond donors (Lipinski definition) is 1. The van der Waals surface area contributed by atoms with Crippen LogP contribution in [0.1, 0.15) is 52.4 Å². The van der Waals surface area contributed by atoms with Gasteiger partial charge in [0.15, 0.2) is 0 Å². The minimum atomic E-state index is 0.0934. The molecule has 0 spiro atoms. The largest absolute Gasteiger partial charge is 0.343 e. The summed E-state index contributed by atoms with van der Waals surface area (Å²) in [4.78, 5) is 28.5. The molecule has 0 atom stereocenters. The van der Waals surface area contributed by atoms with Crippen LogP contribution in [0.5, 0.6) is 0 Å². The minimum absolute atomic E-state index is 0.0934. The third kappa shape index (κ3) is 5.20. The first-order valence-corrected chi connectivity index (χ1v) is 9.24. The summed E-state index contributed by atoms with van der Waals surface area (Å²) < 4.78 is 0. The summed E-state index contributed by atoms with van der Waals surface area (Å²) in [6, 6.07) is 0.243. The third-order valence-corrected chi connectivity index (χ3v) is 5.54. The fourth-order valence-corrected chi connectivity index (χ4v) is 3.57. The quantitative estimate of drug-likeness (QED) is 0.840. The van der Waals surface area contributed by atoms with Crippen molar-refractivity contribution in [2.24, 2.45) is 11.8 Å². The van der Waals surface area contributed by atoms with E-state index in [4.69, 9.17) is 0 Å². The molecule has 23 heavy (non-hydrogen) atoms. The first-order chi connectivity index (χ1) is 11.0. The molecule has 0 bridgehead atoms. The zero-order valence-corrected chi connectivity index (χ0v) is 15.0. The lowest BCUT2D eigenvalue weighted by Crippen LogP contribution is -2.45. The van der Waals surface area contributed by atoms with Crippen LogP contribution in [-0.2, 0) is 9.59 Å². The molecule has 2 amide bonds. The highest BCUT2D eigenvalue weighted by atomic mass is 16.2. The molecule has 1 N–H and O–H groups in total. The lowest BCUT2D eigenvalue weighted by Gasteiger charge is -2.34. The Bertz CT molecular complexity index is 397. The predicted molar refractivity (Wildman–Crippen MR) is 92.0 cm³/mol. The van der Waals surface area contributed by atoms with E-state index >= 15 is 0 Å². The number of carbonyl (C=O) groups excluding carboxylic acids is 2. The number of likely N-dealkylation sites (tertiary alicyclic amines) is 1. The maximum absolute atomic E-state index is 12.4. The lowest BCUT2D eigenvalue weighted by molar-refractivity contribution is -0.141. The molecule has 0 aromatic carbocycles. The van der Waals surface area contributed by atoms with E-state index in [1.165, 1.54) is 12.8 Å². The van der Waals surface area contributed by atoms with Crippen LogP contribution in [-0.4, -0.2) is 60.9 Å². The molecule has 5 nitrogen and oxygen atoms in total. The summed E-state index contributed by atoms with van der Waals surface area (Å²) in [5.41, 5.74) is 0. The monoisotopic (exact) mass is 323 g/mol. The molecule has 2 heterocycles. The van der Waals surface area contributed by atoms with E-state index in [-0.39, 0.29) is 23.8 Å². The Morgan fingerprint density at radius 3 is 2.30 bits per heavy atom. The topological polar surface area (TPSA) is 52.7 Å². The summed E-state index contributed by atoms with van der Waals surface area (Å²) in [6.45, 7) is 7.75. The Balaban J connectivity index is 1.70. The fourth-order valence-electron chi connectivity index (χ4n) is 3.57. The van der Waals surface area contributed by atoms with E-state index in [1.807, 2.05) is 30.7 Å². The SMILES string of the molecule is CC(C)N(C)C(=O)C1CCN(C(=O)CCC2CCNCC2)CC1. The van der Waals surface area contributed by atoms with Crippen LogP contribution in [0, 0.1) is 11.8 Å². The lowest BCUT2D eigenvalue weighted by atomic mass is 9.92.